The molecule has 2 aliphatic rings. The van der Waals surface area contributed by atoms with Crippen LogP contribution in [0.3, 0.4) is 0 Å². The van der Waals surface area contributed by atoms with Crippen LogP contribution in [0.5, 0.6) is 0 Å². The van der Waals surface area contributed by atoms with Crippen molar-refractivity contribution in [2.75, 3.05) is 14.2 Å². The molecule has 2 aliphatic heterocycles. The molecule has 4 aromatic rings. The van der Waals surface area contributed by atoms with Gasteiger partial charge in [0.05, 0.1) is 60.6 Å². The third kappa shape index (κ3) is 7.58. The van der Waals surface area contributed by atoms with Gasteiger partial charge in [-0.1, -0.05) is 24.3 Å². The normalized spacial score (nSPS) is 15.3. The summed E-state index contributed by atoms with van der Waals surface area (Å²) in [4.78, 5) is 50.9. The number of rotatable bonds is 8. The monoisotopic (exact) mass is 742 g/mol. The molecule has 0 amide bonds. The molecule has 0 radical (unpaired) electrons. The first-order valence-corrected chi connectivity index (χ1v) is 17.1. The van der Waals surface area contributed by atoms with Crippen LogP contribution in [-0.2, 0) is 38.1 Å². The maximum Gasteiger partial charge on any atom is 0.337 e. The topological polar surface area (TPSA) is 207 Å². The number of hydrogen-bond donors (Lipinski definition) is 2. The number of ether oxygens (including phenoxy) is 4. The Labute approximate surface area is 310 Å². The molecule has 6 rings (SSSR count). The lowest BCUT2D eigenvalue weighted by Gasteiger charge is -2.31. The van der Waals surface area contributed by atoms with Gasteiger partial charge in [-0.2, -0.15) is 0 Å². The van der Waals surface area contributed by atoms with Gasteiger partial charge in [0.2, 0.25) is 0 Å². The van der Waals surface area contributed by atoms with Crippen LogP contribution in [0.4, 0.5) is 0 Å². The SMILES string of the molecule is CC1=C(C(=O)OC(C)C)C(c2cccc3nonc23)C(C(=O)OC(C)C)=C(C)N1.COC(=O)C1=C(C)NC(C)=C(C(=O)OC)C1c1cccc2nonc12. The smallest absolute Gasteiger partial charge is 0.337 e. The lowest BCUT2D eigenvalue weighted by molar-refractivity contribution is -0.144. The van der Waals surface area contributed by atoms with Gasteiger partial charge in [0.1, 0.15) is 22.1 Å². The number of esters is 4. The molecule has 0 unspecified atom stereocenters. The zero-order valence-corrected chi connectivity index (χ0v) is 31.6. The van der Waals surface area contributed by atoms with Crippen LogP contribution in [0.1, 0.15) is 78.4 Å². The first-order chi connectivity index (χ1) is 25.7. The van der Waals surface area contributed by atoms with E-state index in [1.165, 1.54) is 14.2 Å². The van der Waals surface area contributed by atoms with Crippen LogP contribution in [0.2, 0.25) is 0 Å². The van der Waals surface area contributed by atoms with Crippen molar-refractivity contribution < 1.29 is 47.4 Å². The summed E-state index contributed by atoms with van der Waals surface area (Å²) < 4.78 is 30.5. The number of hydrogen-bond acceptors (Lipinski definition) is 16. The van der Waals surface area contributed by atoms with Crippen molar-refractivity contribution in [3.63, 3.8) is 0 Å². The summed E-state index contributed by atoms with van der Waals surface area (Å²) in [6.07, 6.45) is -0.628. The zero-order chi connectivity index (χ0) is 39.4. The summed E-state index contributed by atoms with van der Waals surface area (Å²) in [6, 6.07) is 10.6. The summed E-state index contributed by atoms with van der Waals surface area (Å²) in [5.74, 6) is -3.55. The maximum atomic E-state index is 13.0. The van der Waals surface area contributed by atoms with E-state index in [-0.39, 0.29) is 12.2 Å². The molecule has 0 spiro atoms. The fraction of sp³-hybridized carbons (Fsp3) is 0.368. The molecule has 0 atom stereocenters. The van der Waals surface area contributed by atoms with E-state index >= 15 is 0 Å². The van der Waals surface area contributed by atoms with Crippen molar-refractivity contribution in [3.8, 4) is 0 Å². The van der Waals surface area contributed by atoms with Gasteiger partial charge in [0.25, 0.3) is 0 Å². The van der Waals surface area contributed by atoms with Crippen LogP contribution in [0.25, 0.3) is 22.1 Å². The second-order valence-electron chi connectivity index (χ2n) is 13.1. The summed E-state index contributed by atoms with van der Waals surface area (Å²) >= 11 is 0. The van der Waals surface area contributed by atoms with Crippen LogP contribution in [0, 0.1) is 0 Å². The van der Waals surface area contributed by atoms with Gasteiger partial charge in [0, 0.05) is 22.8 Å². The van der Waals surface area contributed by atoms with E-state index in [0.717, 1.165) is 0 Å². The number of carbonyl (C=O) groups excluding carboxylic acids is 4. The van der Waals surface area contributed by atoms with Crippen molar-refractivity contribution in [3.05, 3.63) is 92.6 Å². The number of carbonyl (C=O) groups is 4. The van der Waals surface area contributed by atoms with Crippen molar-refractivity contribution in [1.29, 1.82) is 0 Å². The third-order valence-corrected chi connectivity index (χ3v) is 8.71. The first kappa shape index (κ1) is 38.9. The molecular formula is C38H42N6O10. The molecule has 2 N–H and O–H groups in total. The highest BCUT2D eigenvalue weighted by molar-refractivity contribution is 6.02. The predicted octanol–water partition coefficient (Wildman–Crippen LogP) is 5.16. The van der Waals surface area contributed by atoms with Gasteiger partial charge < -0.3 is 29.6 Å². The van der Waals surface area contributed by atoms with E-state index in [0.29, 0.717) is 78.3 Å². The van der Waals surface area contributed by atoms with Gasteiger partial charge in [0.15, 0.2) is 0 Å². The van der Waals surface area contributed by atoms with Gasteiger partial charge in [-0.3, -0.25) is 0 Å². The summed E-state index contributed by atoms with van der Waals surface area (Å²) in [7, 11) is 2.59. The standard InChI is InChI=1S/C21H25N3O5.C17H17N3O5/c1-10(2)27-20(25)16-12(5)22-13(6)17(21(26)28-11(3)4)18(16)14-8-7-9-15-19(14)24-29-23-15;1-8-12(16(21)23-3)14(13(9(2)18-8)17(22)24-4)10-6-5-7-11-15(10)20-25-19-11/h7-11,18,22H,1-6H3;5-7,14,18H,1-4H3. The molecule has 284 valence electrons. The van der Waals surface area contributed by atoms with Gasteiger partial charge in [-0.25, -0.2) is 28.4 Å². The average Bonchev–Trinajstić information content (AvgIpc) is 3.80. The molecule has 16 nitrogen and oxygen atoms in total. The highest BCUT2D eigenvalue weighted by Crippen LogP contribution is 2.43. The van der Waals surface area contributed by atoms with Crippen molar-refractivity contribution in [2.24, 2.45) is 0 Å². The first-order valence-electron chi connectivity index (χ1n) is 17.1. The Morgan fingerprint density at radius 1 is 0.556 bits per heavy atom. The largest absolute Gasteiger partial charge is 0.466 e. The molecule has 2 aromatic heterocycles. The highest BCUT2D eigenvalue weighted by atomic mass is 16.6. The van der Waals surface area contributed by atoms with Crippen LogP contribution < -0.4 is 10.6 Å². The number of fused-ring (bicyclic) bond motifs is 2. The average molecular weight is 743 g/mol. The van der Waals surface area contributed by atoms with Crippen LogP contribution >= 0.6 is 0 Å². The number of dihydropyridines is 2. The van der Waals surface area contributed by atoms with Gasteiger partial charge >= 0.3 is 23.9 Å². The van der Waals surface area contributed by atoms with E-state index in [9.17, 15) is 19.2 Å². The molecule has 16 heteroatoms. The fourth-order valence-corrected chi connectivity index (χ4v) is 6.59. The lowest BCUT2D eigenvalue weighted by Crippen LogP contribution is -2.33. The predicted molar refractivity (Wildman–Crippen MR) is 193 cm³/mol. The Morgan fingerprint density at radius 2 is 0.889 bits per heavy atom. The summed E-state index contributed by atoms with van der Waals surface area (Å²) in [5, 5.41) is 21.8. The van der Waals surface area contributed by atoms with Gasteiger partial charge in [-0.05, 0) is 99.3 Å². The van der Waals surface area contributed by atoms with E-state index in [4.69, 9.17) is 28.2 Å². The Morgan fingerprint density at radius 3 is 1.20 bits per heavy atom. The number of aromatic nitrogens is 4. The molecule has 0 saturated carbocycles. The van der Waals surface area contributed by atoms with E-state index in [2.05, 4.69) is 31.3 Å². The fourth-order valence-electron chi connectivity index (χ4n) is 6.59. The molecule has 0 fully saturated rings. The summed E-state index contributed by atoms with van der Waals surface area (Å²) in [5.41, 5.74) is 6.91. The minimum absolute atomic E-state index is 0.309. The molecule has 54 heavy (non-hydrogen) atoms. The number of allylic oxidation sites excluding steroid dienone is 4. The minimum Gasteiger partial charge on any atom is -0.466 e. The van der Waals surface area contributed by atoms with E-state index in [1.54, 1.807) is 91.8 Å². The number of benzene rings is 2. The number of methoxy groups -OCH3 is 2. The number of nitrogens with zero attached hydrogens (tertiary/aromatic N) is 4. The van der Waals surface area contributed by atoms with Crippen molar-refractivity contribution in [2.45, 2.75) is 79.4 Å². The van der Waals surface area contributed by atoms with Crippen LogP contribution in [0.15, 0.2) is 90.7 Å². The molecule has 0 bridgehead atoms. The van der Waals surface area contributed by atoms with Crippen molar-refractivity contribution >= 4 is 45.9 Å². The molecule has 2 aromatic carbocycles. The zero-order valence-electron chi connectivity index (χ0n) is 31.6. The highest BCUT2D eigenvalue weighted by Gasteiger charge is 2.41. The second-order valence-corrected chi connectivity index (χ2v) is 13.1. The summed E-state index contributed by atoms with van der Waals surface area (Å²) in [6.45, 7) is 14.1. The second kappa shape index (κ2) is 16.1. The van der Waals surface area contributed by atoms with Crippen LogP contribution in [-0.4, -0.2) is 70.9 Å². The van der Waals surface area contributed by atoms with Crippen molar-refractivity contribution in [1.82, 2.24) is 31.3 Å². The maximum absolute atomic E-state index is 13.0. The van der Waals surface area contributed by atoms with Gasteiger partial charge in [-0.15, -0.1) is 0 Å². The van der Waals surface area contributed by atoms with E-state index in [1.807, 2.05) is 0 Å². The minimum atomic E-state index is -0.732. The molecular weight excluding hydrogens is 700 g/mol. The Balaban J connectivity index is 0.000000210. The molecule has 0 saturated heterocycles. The Kier molecular flexibility index (Phi) is 11.6. The number of nitrogens with one attached hydrogen (secondary N) is 2. The van der Waals surface area contributed by atoms with E-state index < -0.39 is 35.7 Å². The Bertz CT molecular complexity index is 2180. The lowest BCUT2D eigenvalue weighted by atomic mass is 9.80. The quantitative estimate of drug-likeness (QED) is 0.176. The third-order valence-electron chi connectivity index (χ3n) is 8.71. The molecule has 0 aliphatic carbocycles. The molecule has 4 heterocycles. The Hall–Kier alpha value is -6.32.